The lowest BCUT2D eigenvalue weighted by Gasteiger charge is -2.29. The lowest BCUT2D eigenvalue weighted by Crippen LogP contribution is -2.48. The summed E-state index contributed by atoms with van der Waals surface area (Å²) in [6.07, 6.45) is -0.228. The van der Waals surface area contributed by atoms with Crippen LogP contribution in [0.3, 0.4) is 0 Å². The molecule has 1 atom stereocenters. The molecule has 1 N–H and O–H groups in total. The monoisotopic (exact) mass is 457 g/mol. The van der Waals surface area contributed by atoms with Crippen molar-refractivity contribution in [3.05, 3.63) is 65.2 Å². The van der Waals surface area contributed by atoms with Crippen molar-refractivity contribution in [2.45, 2.75) is 44.7 Å². The molecule has 9 heteroatoms. The molecule has 0 spiro atoms. The number of hydrogen-bond acceptors (Lipinski definition) is 5. The summed E-state index contributed by atoms with van der Waals surface area (Å²) in [6, 6.07) is 12.8. The van der Waals surface area contributed by atoms with Crippen LogP contribution >= 0.6 is 0 Å². The van der Waals surface area contributed by atoms with Crippen molar-refractivity contribution in [2.24, 2.45) is 0 Å². The van der Waals surface area contributed by atoms with Crippen LogP contribution in [0.5, 0.6) is 0 Å². The molecule has 0 saturated carbocycles. The lowest BCUT2D eigenvalue weighted by atomic mass is 10.1. The highest BCUT2D eigenvalue weighted by molar-refractivity contribution is 7.90. The summed E-state index contributed by atoms with van der Waals surface area (Å²) in [5.74, 6) is -1.35. The van der Waals surface area contributed by atoms with E-state index < -0.39 is 27.9 Å². The van der Waals surface area contributed by atoms with E-state index in [-0.39, 0.29) is 35.9 Å². The molecule has 0 radical (unpaired) electrons. The van der Waals surface area contributed by atoms with Gasteiger partial charge in [0.25, 0.3) is 15.9 Å². The van der Waals surface area contributed by atoms with Crippen LogP contribution in [-0.2, 0) is 26.2 Å². The van der Waals surface area contributed by atoms with Gasteiger partial charge in [-0.25, -0.2) is 12.7 Å². The number of carbonyl (C=O) groups excluding carboxylic acids is 3. The Morgan fingerprint density at radius 3 is 2.41 bits per heavy atom. The fourth-order valence-electron chi connectivity index (χ4n) is 3.67. The summed E-state index contributed by atoms with van der Waals surface area (Å²) >= 11 is 0. The molecule has 3 amide bonds. The Hall–Kier alpha value is -3.20. The molecule has 1 aliphatic rings. The van der Waals surface area contributed by atoms with Gasteiger partial charge in [-0.3, -0.25) is 14.4 Å². The first-order valence-corrected chi connectivity index (χ1v) is 11.9. The molecule has 1 aliphatic heterocycles. The number of sulfonamides is 1. The SMILES string of the molecule is CCNC(=O)[C@@H](C)N(Cc1ccccc1C)C(=O)CCN1C(=O)c2ccccc2S1(=O)=O. The first kappa shape index (κ1) is 23.5. The number of fused-ring (bicyclic) bond motifs is 1. The normalized spacial score (nSPS) is 15.2. The average molecular weight is 458 g/mol. The molecule has 0 fully saturated rings. The van der Waals surface area contributed by atoms with E-state index in [1.54, 1.807) is 26.0 Å². The molecule has 0 aromatic heterocycles. The van der Waals surface area contributed by atoms with E-state index in [0.717, 1.165) is 15.4 Å². The van der Waals surface area contributed by atoms with Gasteiger partial charge in [0.15, 0.2) is 0 Å². The van der Waals surface area contributed by atoms with Gasteiger partial charge >= 0.3 is 0 Å². The van der Waals surface area contributed by atoms with Crippen molar-refractivity contribution < 1.29 is 22.8 Å². The molecule has 0 bridgehead atoms. The van der Waals surface area contributed by atoms with Crippen molar-refractivity contribution in [1.29, 1.82) is 0 Å². The fourth-order valence-corrected chi connectivity index (χ4v) is 5.24. The van der Waals surface area contributed by atoms with Crippen LogP contribution in [0, 0.1) is 6.92 Å². The minimum absolute atomic E-state index is 0.0510. The Labute approximate surface area is 188 Å². The molecular formula is C23H27N3O5S. The highest BCUT2D eigenvalue weighted by Crippen LogP contribution is 2.30. The third-order valence-electron chi connectivity index (χ3n) is 5.56. The third kappa shape index (κ3) is 4.52. The van der Waals surface area contributed by atoms with Crippen LogP contribution in [0.4, 0.5) is 0 Å². The Kier molecular flexibility index (Phi) is 6.98. The Bertz CT molecular complexity index is 1150. The van der Waals surface area contributed by atoms with Crippen LogP contribution in [0.25, 0.3) is 0 Å². The summed E-state index contributed by atoms with van der Waals surface area (Å²) in [6.45, 7) is 5.68. The first-order valence-electron chi connectivity index (χ1n) is 10.5. The summed E-state index contributed by atoms with van der Waals surface area (Å²) < 4.78 is 26.2. The highest BCUT2D eigenvalue weighted by atomic mass is 32.2. The zero-order valence-electron chi connectivity index (χ0n) is 18.4. The first-order chi connectivity index (χ1) is 15.2. The van der Waals surface area contributed by atoms with Gasteiger partial charge in [-0.05, 0) is 44.0 Å². The molecular weight excluding hydrogens is 430 g/mol. The Morgan fingerprint density at radius 2 is 1.75 bits per heavy atom. The minimum Gasteiger partial charge on any atom is -0.355 e. The summed E-state index contributed by atoms with van der Waals surface area (Å²) in [4.78, 5) is 39.6. The number of nitrogens with one attached hydrogen (secondary N) is 1. The lowest BCUT2D eigenvalue weighted by molar-refractivity contribution is -0.140. The number of benzene rings is 2. The molecule has 170 valence electrons. The summed E-state index contributed by atoms with van der Waals surface area (Å²) in [5.41, 5.74) is 1.96. The van der Waals surface area contributed by atoms with Crippen LogP contribution < -0.4 is 5.32 Å². The maximum atomic E-state index is 13.2. The number of likely N-dealkylation sites (N-methyl/N-ethyl adjacent to an activating group) is 1. The van der Waals surface area contributed by atoms with E-state index in [4.69, 9.17) is 0 Å². The van der Waals surface area contributed by atoms with Gasteiger partial charge in [-0.1, -0.05) is 36.4 Å². The van der Waals surface area contributed by atoms with Gasteiger partial charge in [-0.2, -0.15) is 0 Å². The predicted octanol–water partition coefficient (Wildman–Crippen LogP) is 2.08. The zero-order chi connectivity index (χ0) is 23.5. The van der Waals surface area contributed by atoms with Crippen LogP contribution in [0.1, 0.15) is 41.8 Å². The van der Waals surface area contributed by atoms with Crippen molar-refractivity contribution >= 4 is 27.7 Å². The van der Waals surface area contributed by atoms with E-state index in [1.807, 2.05) is 31.2 Å². The Balaban J connectivity index is 1.80. The van der Waals surface area contributed by atoms with Crippen LogP contribution in [0.2, 0.25) is 0 Å². The number of aryl methyl sites for hydroxylation is 1. The van der Waals surface area contributed by atoms with Crippen LogP contribution in [0.15, 0.2) is 53.4 Å². The third-order valence-corrected chi connectivity index (χ3v) is 7.40. The van der Waals surface area contributed by atoms with Gasteiger partial charge in [0.1, 0.15) is 10.9 Å². The maximum absolute atomic E-state index is 13.2. The number of rotatable bonds is 8. The van der Waals surface area contributed by atoms with Gasteiger partial charge in [0.2, 0.25) is 11.8 Å². The molecule has 32 heavy (non-hydrogen) atoms. The van der Waals surface area contributed by atoms with E-state index in [0.29, 0.717) is 6.54 Å². The molecule has 8 nitrogen and oxygen atoms in total. The van der Waals surface area contributed by atoms with Crippen LogP contribution in [-0.4, -0.2) is 54.5 Å². The summed E-state index contributed by atoms with van der Waals surface area (Å²) in [7, 11) is -3.99. The largest absolute Gasteiger partial charge is 0.355 e. The Morgan fingerprint density at radius 1 is 1.09 bits per heavy atom. The second-order valence-corrected chi connectivity index (χ2v) is 9.48. The van der Waals surface area contributed by atoms with E-state index in [9.17, 15) is 22.8 Å². The standard InChI is InChI=1S/C23H27N3O5S/c1-4-24-22(28)17(3)25(15-18-10-6-5-9-16(18)2)21(27)13-14-26-23(29)19-11-7-8-12-20(19)32(26,30)31/h5-12,17H,4,13-15H2,1-3H3,(H,24,28)/t17-/m1/s1. The molecule has 0 saturated heterocycles. The van der Waals surface area contributed by atoms with Crippen molar-refractivity contribution in [3.8, 4) is 0 Å². The smallest absolute Gasteiger partial charge is 0.269 e. The quantitative estimate of drug-likeness (QED) is 0.654. The molecule has 1 heterocycles. The number of hydrogen-bond donors (Lipinski definition) is 1. The molecule has 0 aliphatic carbocycles. The molecule has 2 aromatic rings. The number of nitrogens with zero attached hydrogens (tertiary/aromatic N) is 2. The van der Waals surface area contributed by atoms with E-state index in [1.165, 1.54) is 17.0 Å². The molecule has 0 unspecified atom stereocenters. The molecule has 3 rings (SSSR count). The minimum atomic E-state index is -3.99. The van der Waals surface area contributed by atoms with Crippen molar-refractivity contribution in [3.63, 3.8) is 0 Å². The number of amides is 3. The fraction of sp³-hybridized carbons (Fsp3) is 0.348. The summed E-state index contributed by atoms with van der Waals surface area (Å²) in [5, 5.41) is 2.72. The second kappa shape index (κ2) is 9.52. The number of carbonyl (C=O) groups is 3. The maximum Gasteiger partial charge on any atom is 0.269 e. The molecule has 2 aromatic carbocycles. The van der Waals surface area contributed by atoms with E-state index >= 15 is 0 Å². The topological polar surface area (TPSA) is 104 Å². The second-order valence-electron chi connectivity index (χ2n) is 7.65. The van der Waals surface area contributed by atoms with Crippen molar-refractivity contribution in [2.75, 3.05) is 13.1 Å². The van der Waals surface area contributed by atoms with Gasteiger partial charge < -0.3 is 10.2 Å². The zero-order valence-corrected chi connectivity index (χ0v) is 19.2. The van der Waals surface area contributed by atoms with Gasteiger partial charge in [0.05, 0.1) is 5.56 Å². The average Bonchev–Trinajstić information content (AvgIpc) is 2.96. The highest BCUT2D eigenvalue weighted by Gasteiger charge is 2.41. The predicted molar refractivity (Wildman–Crippen MR) is 119 cm³/mol. The van der Waals surface area contributed by atoms with Gasteiger partial charge in [-0.15, -0.1) is 0 Å². The van der Waals surface area contributed by atoms with E-state index in [2.05, 4.69) is 5.32 Å². The van der Waals surface area contributed by atoms with Gasteiger partial charge in [0, 0.05) is 26.1 Å². The van der Waals surface area contributed by atoms with Crippen molar-refractivity contribution in [1.82, 2.24) is 14.5 Å².